The van der Waals surface area contributed by atoms with Gasteiger partial charge >= 0.3 is 0 Å². The lowest BCUT2D eigenvalue weighted by Gasteiger charge is -2.04. The molecule has 0 aromatic heterocycles. The van der Waals surface area contributed by atoms with Gasteiger partial charge in [-0.1, -0.05) is 95.1 Å². The molecule has 0 N–H and O–H groups in total. The summed E-state index contributed by atoms with van der Waals surface area (Å²) in [6, 6.07) is 0. The first-order valence-corrected chi connectivity index (χ1v) is 9.16. The van der Waals surface area contributed by atoms with Crippen LogP contribution in [0.4, 0.5) is 0 Å². The van der Waals surface area contributed by atoms with E-state index in [4.69, 9.17) is 0 Å². The average Bonchev–Trinajstić information content (AvgIpc) is 2.43. The molecule has 20 heavy (non-hydrogen) atoms. The van der Waals surface area contributed by atoms with E-state index < -0.39 is 0 Å². The van der Waals surface area contributed by atoms with Gasteiger partial charge in [0.2, 0.25) is 0 Å². The van der Waals surface area contributed by atoms with Gasteiger partial charge in [-0.25, -0.2) is 0 Å². The Balaban J connectivity index is 3.08. The Bertz CT molecular complexity index is 220. The summed E-state index contributed by atoms with van der Waals surface area (Å²) in [6.45, 7) is 10.6. The molecule has 0 saturated heterocycles. The molecule has 0 nitrogen and oxygen atoms in total. The molecule has 0 unspecified atom stereocenters. The van der Waals surface area contributed by atoms with Crippen LogP contribution in [0.3, 0.4) is 0 Å². The highest BCUT2D eigenvalue weighted by molar-refractivity contribution is 5.11. The third-order valence-electron chi connectivity index (χ3n) is 4.38. The first kappa shape index (κ1) is 19.7. The predicted octanol–water partition coefficient (Wildman–Crippen LogP) is 7.64. The van der Waals surface area contributed by atoms with Crippen LogP contribution in [0.5, 0.6) is 0 Å². The second-order valence-corrected chi connectivity index (χ2v) is 6.55. The van der Waals surface area contributed by atoms with Crippen LogP contribution in [-0.2, 0) is 0 Å². The summed E-state index contributed by atoms with van der Waals surface area (Å²) < 4.78 is 0. The Kier molecular flexibility index (Phi) is 14.9. The molecule has 0 amide bonds. The molecule has 0 heterocycles. The topological polar surface area (TPSA) is 0 Å². The van der Waals surface area contributed by atoms with E-state index in [1.54, 1.807) is 0 Å². The molecule has 0 aromatic rings. The van der Waals surface area contributed by atoms with Crippen molar-refractivity contribution in [1.82, 2.24) is 0 Å². The van der Waals surface area contributed by atoms with Crippen LogP contribution in [-0.4, -0.2) is 0 Å². The number of hydrogen-bond donors (Lipinski definition) is 0. The maximum Gasteiger partial charge on any atom is -0.0283 e. The van der Waals surface area contributed by atoms with Crippen LogP contribution in [0.15, 0.2) is 11.1 Å². The van der Waals surface area contributed by atoms with Crippen molar-refractivity contribution in [3.8, 4) is 0 Å². The van der Waals surface area contributed by atoms with E-state index in [0.717, 1.165) is 0 Å². The predicted molar refractivity (Wildman–Crippen MR) is 94.0 cm³/mol. The smallest absolute Gasteiger partial charge is 0.0283 e. The summed E-state index contributed by atoms with van der Waals surface area (Å²) in [5, 5.41) is 0. The Morgan fingerprint density at radius 1 is 0.600 bits per heavy atom. The molecular weight excluding hydrogens is 240 g/mol. The van der Waals surface area contributed by atoms with Crippen molar-refractivity contribution in [1.29, 1.82) is 0 Å². The fourth-order valence-corrected chi connectivity index (χ4v) is 2.62. The minimum absolute atomic E-state index is 1.26. The van der Waals surface area contributed by atoms with Crippen molar-refractivity contribution >= 4 is 0 Å². The molecular formula is C20H39. The fourth-order valence-electron chi connectivity index (χ4n) is 2.62. The van der Waals surface area contributed by atoms with E-state index in [1.807, 2.05) is 0 Å². The zero-order chi connectivity index (χ0) is 15.1. The molecule has 1 radical (unpaired) electrons. The maximum absolute atomic E-state index is 4.00. The van der Waals surface area contributed by atoms with Crippen LogP contribution >= 0.6 is 0 Å². The van der Waals surface area contributed by atoms with Gasteiger partial charge < -0.3 is 0 Å². The zero-order valence-electron chi connectivity index (χ0n) is 14.6. The molecule has 0 heteroatoms. The van der Waals surface area contributed by atoms with E-state index in [1.165, 1.54) is 101 Å². The number of hydrogen-bond acceptors (Lipinski definition) is 0. The molecule has 0 fully saturated rings. The second-order valence-electron chi connectivity index (χ2n) is 6.55. The van der Waals surface area contributed by atoms with Gasteiger partial charge in [0.1, 0.15) is 0 Å². The van der Waals surface area contributed by atoms with Crippen molar-refractivity contribution < 1.29 is 0 Å². The molecule has 119 valence electrons. The highest BCUT2D eigenvalue weighted by atomic mass is 14.0. The van der Waals surface area contributed by atoms with Gasteiger partial charge in [-0.3, -0.25) is 0 Å². The lowest BCUT2D eigenvalue weighted by molar-refractivity contribution is 0.539. The van der Waals surface area contributed by atoms with Gasteiger partial charge in [-0.15, -0.1) is 0 Å². The van der Waals surface area contributed by atoms with Crippen LogP contribution in [0.2, 0.25) is 0 Å². The molecule has 0 bridgehead atoms. The van der Waals surface area contributed by atoms with Crippen molar-refractivity contribution in [3.63, 3.8) is 0 Å². The lowest BCUT2D eigenvalue weighted by Crippen LogP contribution is -1.85. The Morgan fingerprint density at radius 2 is 0.950 bits per heavy atom. The van der Waals surface area contributed by atoms with E-state index in [-0.39, 0.29) is 0 Å². The average molecular weight is 280 g/mol. The number of allylic oxidation sites excluding steroid dienone is 2. The SMILES string of the molecule is [CH2]/C(C)=C(\C)CCCCCCCCCCCCCCC. The molecule has 0 spiro atoms. The Hall–Kier alpha value is -0.260. The summed E-state index contributed by atoms with van der Waals surface area (Å²) in [7, 11) is 0. The van der Waals surface area contributed by atoms with E-state index >= 15 is 0 Å². The fraction of sp³-hybridized carbons (Fsp3) is 0.850. The van der Waals surface area contributed by atoms with Gasteiger partial charge in [0.05, 0.1) is 0 Å². The zero-order valence-corrected chi connectivity index (χ0v) is 14.6. The van der Waals surface area contributed by atoms with E-state index in [2.05, 4.69) is 27.7 Å². The van der Waals surface area contributed by atoms with Gasteiger partial charge in [0, 0.05) is 0 Å². The minimum atomic E-state index is 1.26. The summed E-state index contributed by atoms with van der Waals surface area (Å²) in [4.78, 5) is 0. The second kappa shape index (κ2) is 15.1. The molecule has 0 aliphatic heterocycles. The molecule has 0 saturated carbocycles. The summed E-state index contributed by atoms with van der Waals surface area (Å²) in [5.41, 5.74) is 2.76. The highest BCUT2D eigenvalue weighted by Gasteiger charge is 1.95. The van der Waals surface area contributed by atoms with Gasteiger partial charge in [-0.05, 0) is 33.6 Å². The van der Waals surface area contributed by atoms with E-state index in [9.17, 15) is 0 Å². The third-order valence-corrected chi connectivity index (χ3v) is 4.38. The first-order valence-electron chi connectivity index (χ1n) is 9.16. The number of unbranched alkanes of at least 4 members (excludes halogenated alkanes) is 12. The molecule has 0 rings (SSSR count). The van der Waals surface area contributed by atoms with Crippen molar-refractivity contribution in [3.05, 3.63) is 18.1 Å². The quantitative estimate of drug-likeness (QED) is 0.287. The first-order chi connectivity index (χ1) is 9.68. The molecule has 0 aliphatic rings. The van der Waals surface area contributed by atoms with Gasteiger partial charge in [0.15, 0.2) is 0 Å². The monoisotopic (exact) mass is 279 g/mol. The van der Waals surface area contributed by atoms with Crippen LogP contribution < -0.4 is 0 Å². The van der Waals surface area contributed by atoms with Gasteiger partial charge in [-0.2, -0.15) is 0 Å². The largest absolute Gasteiger partial charge is 0.0744 e. The standard InChI is InChI=1S/C20H39/c1-5-6-7-8-9-10-11-12-13-14-15-16-17-18-20(4)19(2)3/h2,5-18H2,1,3-4H3/b20-19-. The normalized spacial score (nSPS) is 12.6. The Morgan fingerprint density at radius 3 is 1.30 bits per heavy atom. The van der Waals surface area contributed by atoms with Crippen molar-refractivity contribution in [2.24, 2.45) is 0 Å². The summed E-state index contributed by atoms with van der Waals surface area (Å²) in [6.07, 6.45) is 19.9. The third kappa shape index (κ3) is 14.2. The Labute approximate surface area is 129 Å². The molecule has 0 aromatic carbocycles. The number of rotatable bonds is 14. The molecule has 0 aliphatic carbocycles. The summed E-state index contributed by atoms with van der Waals surface area (Å²) >= 11 is 0. The minimum Gasteiger partial charge on any atom is -0.0744 e. The van der Waals surface area contributed by atoms with Crippen molar-refractivity contribution in [2.75, 3.05) is 0 Å². The van der Waals surface area contributed by atoms with Crippen molar-refractivity contribution in [2.45, 2.75) is 111 Å². The van der Waals surface area contributed by atoms with Crippen LogP contribution in [0.25, 0.3) is 0 Å². The van der Waals surface area contributed by atoms with Gasteiger partial charge in [0.25, 0.3) is 0 Å². The maximum atomic E-state index is 4.00. The van der Waals surface area contributed by atoms with Crippen LogP contribution in [0.1, 0.15) is 111 Å². The lowest BCUT2D eigenvalue weighted by atomic mass is 10.0. The van der Waals surface area contributed by atoms with Crippen LogP contribution in [0, 0.1) is 6.92 Å². The summed E-state index contributed by atoms with van der Waals surface area (Å²) in [5.74, 6) is 0. The molecule has 0 atom stereocenters. The highest BCUT2D eigenvalue weighted by Crippen LogP contribution is 2.15. The van der Waals surface area contributed by atoms with E-state index in [0.29, 0.717) is 0 Å².